The van der Waals surface area contributed by atoms with Crippen LogP contribution in [-0.2, 0) is 6.54 Å². The predicted octanol–water partition coefficient (Wildman–Crippen LogP) is 0.660. The van der Waals surface area contributed by atoms with Crippen molar-refractivity contribution < 1.29 is 5.11 Å². The van der Waals surface area contributed by atoms with Gasteiger partial charge in [-0.3, -0.25) is 0 Å². The zero-order valence-corrected chi connectivity index (χ0v) is 8.24. The van der Waals surface area contributed by atoms with Crippen LogP contribution in [0.2, 0.25) is 0 Å². The fourth-order valence-electron chi connectivity index (χ4n) is 2.02. The van der Waals surface area contributed by atoms with Crippen molar-refractivity contribution in [1.29, 1.82) is 0 Å². The smallest absolute Gasteiger partial charge is 0.120 e. The Morgan fingerprint density at radius 3 is 3.14 bits per heavy atom. The van der Waals surface area contributed by atoms with Crippen LogP contribution in [0.25, 0.3) is 0 Å². The maximum atomic E-state index is 9.34. The van der Waals surface area contributed by atoms with Crippen LogP contribution in [0.3, 0.4) is 0 Å². The number of aliphatic hydroxyl groups excluding tert-OH is 1. The number of hydrogen-bond acceptors (Lipinski definition) is 3. The number of aromatic nitrogens is 2. The molecule has 1 saturated carbocycles. The molecule has 0 saturated heterocycles. The molecule has 1 aliphatic carbocycles. The SMILES string of the molecule is OC1CCC(CNCc2ncc[nH]2)C1. The molecule has 1 fully saturated rings. The average Bonchev–Trinajstić information content (AvgIpc) is 2.77. The highest BCUT2D eigenvalue weighted by atomic mass is 16.3. The highest BCUT2D eigenvalue weighted by Crippen LogP contribution is 2.24. The van der Waals surface area contributed by atoms with E-state index in [0.29, 0.717) is 5.92 Å². The lowest BCUT2D eigenvalue weighted by molar-refractivity contribution is 0.177. The lowest BCUT2D eigenvalue weighted by Crippen LogP contribution is -2.21. The summed E-state index contributed by atoms with van der Waals surface area (Å²) >= 11 is 0. The van der Waals surface area contributed by atoms with Crippen molar-refractivity contribution in [1.82, 2.24) is 15.3 Å². The van der Waals surface area contributed by atoms with Crippen LogP contribution in [0.5, 0.6) is 0 Å². The zero-order valence-electron chi connectivity index (χ0n) is 8.24. The van der Waals surface area contributed by atoms with Crippen molar-refractivity contribution in [3.8, 4) is 0 Å². The van der Waals surface area contributed by atoms with Crippen LogP contribution in [-0.4, -0.2) is 27.7 Å². The molecule has 1 aromatic heterocycles. The molecule has 4 heteroatoms. The topological polar surface area (TPSA) is 60.9 Å². The lowest BCUT2D eigenvalue weighted by atomic mass is 10.1. The lowest BCUT2D eigenvalue weighted by Gasteiger charge is -2.09. The molecule has 0 spiro atoms. The van der Waals surface area contributed by atoms with Crippen molar-refractivity contribution >= 4 is 0 Å². The summed E-state index contributed by atoms with van der Waals surface area (Å²) in [4.78, 5) is 7.18. The van der Waals surface area contributed by atoms with Gasteiger partial charge in [0.15, 0.2) is 0 Å². The van der Waals surface area contributed by atoms with Gasteiger partial charge in [0.25, 0.3) is 0 Å². The van der Waals surface area contributed by atoms with E-state index in [2.05, 4.69) is 15.3 Å². The fraction of sp³-hybridized carbons (Fsp3) is 0.700. The molecule has 2 rings (SSSR count). The quantitative estimate of drug-likeness (QED) is 0.661. The molecule has 1 heterocycles. The van der Waals surface area contributed by atoms with E-state index in [9.17, 15) is 5.11 Å². The van der Waals surface area contributed by atoms with Gasteiger partial charge in [-0.05, 0) is 31.7 Å². The van der Waals surface area contributed by atoms with Gasteiger partial charge in [0.05, 0.1) is 12.6 Å². The van der Waals surface area contributed by atoms with Crippen molar-refractivity contribution in [2.45, 2.75) is 31.9 Å². The summed E-state index contributed by atoms with van der Waals surface area (Å²) in [7, 11) is 0. The van der Waals surface area contributed by atoms with E-state index in [-0.39, 0.29) is 6.10 Å². The predicted molar refractivity (Wildman–Crippen MR) is 53.6 cm³/mol. The summed E-state index contributed by atoms with van der Waals surface area (Å²) in [6, 6.07) is 0. The molecule has 0 aliphatic heterocycles. The van der Waals surface area contributed by atoms with Crippen LogP contribution in [0, 0.1) is 5.92 Å². The maximum absolute atomic E-state index is 9.34. The molecule has 4 nitrogen and oxygen atoms in total. The second-order valence-electron chi connectivity index (χ2n) is 4.00. The molecule has 2 unspecified atom stereocenters. The maximum Gasteiger partial charge on any atom is 0.120 e. The highest BCUT2D eigenvalue weighted by Gasteiger charge is 2.21. The van der Waals surface area contributed by atoms with Crippen LogP contribution in [0.15, 0.2) is 12.4 Å². The molecule has 14 heavy (non-hydrogen) atoms. The Morgan fingerprint density at radius 2 is 2.50 bits per heavy atom. The molecular formula is C10H17N3O. The Balaban J connectivity index is 1.64. The van der Waals surface area contributed by atoms with E-state index < -0.39 is 0 Å². The van der Waals surface area contributed by atoms with Gasteiger partial charge in [0.2, 0.25) is 0 Å². The molecule has 78 valence electrons. The van der Waals surface area contributed by atoms with E-state index in [0.717, 1.165) is 38.2 Å². The Hall–Kier alpha value is -0.870. The van der Waals surface area contributed by atoms with E-state index >= 15 is 0 Å². The van der Waals surface area contributed by atoms with Crippen LogP contribution < -0.4 is 5.32 Å². The second-order valence-corrected chi connectivity index (χ2v) is 4.00. The molecular weight excluding hydrogens is 178 g/mol. The van der Waals surface area contributed by atoms with E-state index in [1.165, 1.54) is 0 Å². The molecule has 0 aromatic carbocycles. The largest absolute Gasteiger partial charge is 0.393 e. The van der Waals surface area contributed by atoms with Crippen LogP contribution in [0.1, 0.15) is 25.1 Å². The third-order valence-corrected chi connectivity index (χ3v) is 2.79. The number of hydrogen-bond donors (Lipinski definition) is 3. The van der Waals surface area contributed by atoms with Gasteiger partial charge in [-0.2, -0.15) is 0 Å². The minimum Gasteiger partial charge on any atom is -0.393 e. The van der Waals surface area contributed by atoms with Gasteiger partial charge >= 0.3 is 0 Å². The molecule has 0 radical (unpaired) electrons. The van der Waals surface area contributed by atoms with E-state index in [4.69, 9.17) is 0 Å². The van der Waals surface area contributed by atoms with Gasteiger partial charge in [-0.25, -0.2) is 4.98 Å². The minimum atomic E-state index is -0.0644. The Bertz CT molecular complexity index is 260. The van der Waals surface area contributed by atoms with Crippen molar-refractivity contribution in [2.24, 2.45) is 5.92 Å². The number of rotatable bonds is 4. The molecule has 2 atom stereocenters. The van der Waals surface area contributed by atoms with Gasteiger partial charge in [-0.1, -0.05) is 0 Å². The second kappa shape index (κ2) is 4.57. The first-order valence-electron chi connectivity index (χ1n) is 5.21. The minimum absolute atomic E-state index is 0.0644. The molecule has 1 aromatic rings. The monoisotopic (exact) mass is 195 g/mol. The number of aromatic amines is 1. The number of nitrogens with one attached hydrogen (secondary N) is 2. The first kappa shape index (κ1) is 9.68. The number of imidazole rings is 1. The standard InChI is InChI=1S/C10H17N3O/c14-9-2-1-8(5-9)6-11-7-10-12-3-4-13-10/h3-4,8-9,11,14H,1-2,5-7H2,(H,12,13). The van der Waals surface area contributed by atoms with Crippen molar-refractivity contribution in [3.05, 3.63) is 18.2 Å². The van der Waals surface area contributed by atoms with Gasteiger partial charge in [0, 0.05) is 12.4 Å². The molecule has 0 bridgehead atoms. The third-order valence-electron chi connectivity index (χ3n) is 2.79. The number of nitrogens with zero attached hydrogens (tertiary/aromatic N) is 1. The summed E-state index contributed by atoms with van der Waals surface area (Å²) in [6.07, 6.45) is 6.59. The van der Waals surface area contributed by atoms with E-state index in [1.807, 2.05) is 6.20 Å². The van der Waals surface area contributed by atoms with Gasteiger partial charge < -0.3 is 15.4 Å². The first-order valence-corrected chi connectivity index (χ1v) is 5.21. The van der Waals surface area contributed by atoms with Gasteiger partial charge in [-0.15, -0.1) is 0 Å². The molecule has 3 N–H and O–H groups in total. The summed E-state index contributed by atoms with van der Waals surface area (Å²) in [6.45, 7) is 1.78. The Morgan fingerprint density at radius 1 is 1.57 bits per heavy atom. The summed E-state index contributed by atoms with van der Waals surface area (Å²) in [5.74, 6) is 1.61. The Labute approximate surface area is 83.8 Å². The average molecular weight is 195 g/mol. The first-order chi connectivity index (χ1) is 6.84. The zero-order chi connectivity index (χ0) is 9.80. The van der Waals surface area contributed by atoms with Crippen molar-refractivity contribution in [2.75, 3.05) is 6.54 Å². The van der Waals surface area contributed by atoms with Crippen LogP contribution in [0.4, 0.5) is 0 Å². The summed E-state index contributed by atoms with van der Waals surface area (Å²) in [5.41, 5.74) is 0. The fourth-order valence-corrected chi connectivity index (χ4v) is 2.02. The van der Waals surface area contributed by atoms with Crippen molar-refractivity contribution in [3.63, 3.8) is 0 Å². The summed E-state index contributed by atoms with van der Waals surface area (Å²) < 4.78 is 0. The normalized spacial score (nSPS) is 26.9. The van der Waals surface area contributed by atoms with E-state index in [1.54, 1.807) is 6.20 Å². The highest BCUT2D eigenvalue weighted by molar-refractivity contribution is 4.86. The Kier molecular flexibility index (Phi) is 3.16. The number of aliphatic hydroxyl groups is 1. The molecule has 1 aliphatic rings. The number of H-pyrrole nitrogens is 1. The third kappa shape index (κ3) is 2.56. The van der Waals surface area contributed by atoms with Crippen LogP contribution >= 0.6 is 0 Å². The summed E-state index contributed by atoms with van der Waals surface area (Å²) in [5, 5.41) is 12.7. The van der Waals surface area contributed by atoms with Gasteiger partial charge in [0.1, 0.15) is 5.82 Å². The molecule has 0 amide bonds.